The standard InChI is InChI=1S/C27H32F2N4OS/c1-17-5-6-25(35-17)20-14-18-4-3-10-32(24(18)15-21(20)26(28)29)27-22-16-31(2)11-7-23(22)33(30-27)19-8-12-34-13-9-19/h5-6,14-15,19,26H,3-4,7-13,16H2,1-2H3. The molecule has 6 rings (SSSR count). The number of ether oxygens (including phenoxy) is 1. The summed E-state index contributed by atoms with van der Waals surface area (Å²) in [6.07, 6.45) is 2.27. The third kappa shape index (κ3) is 4.19. The molecule has 5 heterocycles. The fourth-order valence-electron chi connectivity index (χ4n) is 5.85. The maximum absolute atomic E-state index is 14.3. The van der Waals surface area contributed by atoms with Crippen LogP contribution in [0.5, 0.6) is 0 Å². The predicted octanol–water partition coefficient (Wildman–Crippen LogP) is 6.28. The summed E-state index contributed by atoms with van der Waals surface area (Å²) in [6, 6.07) is 8.08. The quantitative estimate of drug-likeness (QED) is 0.424. The number of anilines is 2. The Morgan fingerprint density at radius 1 is 1.11 bits per heavy atom. The minimum atomic E-state index is -2.53. The van der Waals surface area contributed by atoms with E-state index >= 15 is 0 Å². The van der Waals surface area contributed by atoms with E-state index in [2.05, 4.69) is 21.5 Å². The molecule has 3 aliphatic rings. The number of likely N-dealkylation sites (N-methyl/N-ethyl adjacent to an activating group) is 1. The van der Waals surface area contributed by atoms with Crippen LogP contribution in [0.2, 0.25) is 0 Å². The van der Waals surface area contributed by atoms with Crippen molar-refractivity contribution in [3.63, 3.8) is 0 Å². The molecule has 0 spiro atoms. The van der Waals surface area contributed by atoms with Crippen molar-refractivity contribution in [3.05, 3.63) is 51.5 Å². The van der Waals surface area contributed by atoms with Crippen LogP contribution >= 0.6 is 11.3 Å². The number of hydrogen-bond donors (Lipinski definition) is 0. The van der Waals surface area contributed by atoms with Crippen LogP contribution in [0.4, 0.5) is 20.3 Å². The first-order valence-electron chi connectivity index (χ1n) is 12.7. The number of fused-ring (bicyclic) bond motifs is 2. The van der Waals surface area contributed by atoms with Crippen LogP contribution in [0, 0.1) is 6.92 Å². The van der Waals surface area contributed by atoms with Crippen molar-refractivity contribution >= 4 is 22.8 Å². The van der Waals surface area contributed by atoms with Crippen molar-refractivity contribution < 1.29 is 13.5 Å². The second-order valence-electron chi connectivity index (χ2n) is 10.1. The Morgan fingerprint density at radius 2 is 1.94 bits per heavy atom. The van der Waals surface area contributed by atoms with Crippen molar-refractivity contribution in [2.75, 3.05) is 38.3 Å². The molecule has 1 saturated heterocycles. The molecule has 0 unspecified atom stereocenters. The molecule has 0 atom stereocenters. The van der Waals surface area contributed by atoms with E-state index in [1.54, 1.807) is 17.4 Å². The van der Waals surface area contributed by atoms with Gasteiger partial charge in [0.15, 0.2) is 5.82 Å². The Kier molecular flexibility index (Phi) is 6.15. The zero-order valence-electron chi connectivity index (χ0n) is 20.4. The first kappa shape index (κ1) is 23.1. The molecule has 35 heavy (non-hydrogen) atoms. The average Bonchev–Trinajstić information content (AvgIpc) is 3.46. The van der Waals surface area contributed by atoms with Gasteiger partial charge in [0.25, 0.3) is 6.43 Å². The minimum absolute atomic E-state index is 0.118. The van der Waals surface area contributed by atoms with Gasteiger partial charge < -0.3 is 14.5 Å². The van der Waals surface area contributed by atoms with Gasteiger partial charge in [-0.1, -0.05) is 0 Å². The minimum Gasteiger partial charge on any atom is -0.381 e. The summed E-state index contributed by atoms with van der Waals surface area (Å²) < 4.78 is 36.5. The molecule has 0 N–H and O–H groups in total. The fraction of sp³-hybridized carbons (Fsp3) is 0.519. The van der Waals surface area contributed by atoms with Crippen molar-refractivity contribution in [2.45, 2.75) is 58.0 Å². The number of benzene rings is 1. The van der Waals surface area contributed by atoms with Gasteiger partial charge in [-0.15, -0.1) is 11.3 Å². The monoisotopic (exact) mass is 498 g/mol. The number of halogens is 2. The highest BCUT2D eigenvalue weighted by Crippen LogP contribution is 2.44. The van der Waals surface area contributed by atoms with Gasteiger partial charge in [0.2, 0.25) is 0 Å². The lowest BCUT2D eigenvalue weighted by Crippen LogP contribution is -2.30. The van der Waals surface area contributed by atoms with Gasteiger partial charge in [0.05, 0.1) is 6.04 Å². The number of nitrogens with zero attached hydrogens (tertiary/aromatic N) is 4. The third-order valence-electron chi connectivity index (χ3n) is 7.66. The molecule has 0 amide bonds. The van der Waals surface area contributed by atoms with Gasteiger partial charge in [0.1, 0.15) is 0 Å². The molecule has 3 aromatic rings. The normalized spacial score (nSPS) is 19.3. The Balaban J connectivity index is 1.47. The molecule has 8 heteroatoms. The molecule has 0 radical (unpaired) electrons. The average molecular weight is 499 g/mol. The molecule has 0 aliphatic carbocycles. The summed E-state index contributed by atoms with van der Waals surface area (Å²) in [5, 5.41) is 5.21. The van der Waals surface area contributed by atoms with Crippen molar-refractivity contribution in [3.8, 4) is 10.4 Å². The molecular formula is C27H32F2N4OS. The van der Waals surface area contributed by atoms with Crippen LogP contribution in [-0.4, -0.2) is 48.0 Å². The Hall–Kier alpha value is -2.29. The number of rotatable bonds is 4. The lowest BCUT2D eigenvalue weighted by atomic mass is 9.94. The Morgan fingerprint density at radius 3 is 2.69 bits per heavy atom. The maximum atomic E-state index is 14.3. The topological polar surface area (TPSA) is 33.5 Å². The van der Waals surface area contributed by atoms with Crippen molar-refractivity contribution in [1.29, 1.82) is 0 Å². The highest BCUT2D eigenvalue weighted by Gasteiger charge is 2.33. The molecule has 5 nitrogen and oxygen atoms in total. The number of alkyl halides is 2. The number of hydrogen-bond acceptors (Lipinski definition) is 5. The summed E-state index contributed by atoms with van der Waals surface area (Å²) in [4.78, 5) is 6.61. The summed E-state index contributed by atoms with van der Waals surface area (Å²) in [5.41, 5.74) is 5.41. The highest BCUT2D eigenvalue weighted by atomic mass is 32.1. The maximum Gasteiger partial charge on any atom is 0.264 e. The lowest BCUT2D eigenvalue weighted by Gasteiger charge is -2.33. The van der Waals surface area contributed by atoms with Gasteiger partial charge >= 0.3 is 0 Å². The molecule has 186 valence electrons. The van der Waals surface area contributed by atoms with Crippen LogP contribution in [0.15, 0.2) is 24.3 Å². The summed E-state index contributed by atoms with van der Waals surface area (Å²) in [5.74, 6) is 0.957. The van der Waals surface area contributed by atoms with E-state index in [4.69, 9.17) is 9.84 Å². The van der Waals surface area contributed by atoms with Crippen molar-refractivity contribution in [2.24, 2.45) is 0 Å². The van der Waals surface area contributed by atoms with Crippen molar-refractivity contribution in [1.82, 2.24) is 14.7 Å². The van der Waals surface area contributed by atoms with Gasteiger partial charge in [-0.25, -0.2) is 8.78 Å². The van der Waals surface area contributed by atoms with Crippen LogP contribution in [0.1, 0.15) is 59.0 Å². The van der Waals surface area contributed by atoms with E-state index in [1.807, 2.05) is 25.1 Å². The van der Waals surface area contributed by atoms with Gasteiger partial charge in [-0.05, 0) is 69.5 Å². The third-order valence-corrected chi connectivity index (χ3v) is 8.69. The van der Waals surface area contributed by atoms with E-state index in [1.165, 1.54) is 11.3 Å². The first-order chi connectivity index (χ1) is 17.0. The molecule has 2 aromatic heterocycles. The SMILES string of the molecule is Cc1ccc(-c2cc3c(cc2C(F)F)N(c2nn(C4CCOCC4)c4c2CN(C)CC4)CCC3)s1. The molecule has 1 fully saturated rings. The second kappa shape index (κ2) is 9.30. The molecule has 3 aliphatic heterocycles. The number of aromatic nitrogens is 2. The smallest absolute Gasteiger partial charge is 0.264 e. The zero-order chi connectivity index (χ0) is 24.1. The van der Waals surface area contributed by atoms with Crippen LogP contribution in [0.25, 0.3) is 10.4 Å². The number of aryl methyl sites for hydroxylation is 2. The van der Waals surface area contributed by atoms with Crippen LogP contribution in [-0.2, 0) is 24.1 Å². The fourth-order valence-corrected chi connectivity index (χ4v) is 6.76. The Labute approximate surface area is 209 Å². The molecular weight excluding hydrogens is 466 g/mol. The van der Waals surface area contributed by atoms with E-state index < -0.39 is 6.43 Å². The highest BCUT2D eigenvalue weighted by molar-refractivity contribution is 7.15. The van der Waals surface area contributed by atoms with Crippen LogP contribution in [0.3, 0.4) is 0 Å². The second-order valence-corrected chi connectivity index (χ2v) is 11.3. The molecule has 0 saturated carbocycles. The van der Waals surface area contributed by atoms with E-state index in [9.17, 15) is 8.78 Å². The lowest BCUT2D eigenvalue weighted by molar-refractivity contribution is 0.0651. The zero-order valence-corrected chi connectivity index (χ0v) is 21.2. The summed E-state index contributed by atoms with van der Waals surface area (Å²) >= 11 is 1.58. The van der Waals surface area contributed by atoms with E-state index in [0.717, 1.165) is 91.8 Å². The predicted molar refractivity (Wildman–Crippen MR) is 136 cm³/mol. The van der Waals surface area contributed by atoms with Crippen LogP contribution < -0.4 is 4.90 Å². The molecule has 1 aromatic carbocycles. The van der Waals surface area contributed by atoms with E-state index in [-0.39, 0.29) is 5.56 Å². The van der Waals surface area contributed by atoms with Gasteiger partial charge in [-0.2, -0.15) is 5.10 Å². The Bertz CT molecular complexity index is 1230. The largest absolute Gasteiger partial charge is 0.381 e. The summed E-state index contributed by atoms with van der Waals surface area (Å²) in [6.45, 7) is 6.21. The van der Waals surface area contributed by atoms with Gasteiger partial charge in [-0.3, -0.25) is 4.68 Å². The molecule has 0 bridgehead atoms. The first-order valence-corrected chi connectivity index (χ1v) is 13.5. The van der Waals surface area contributed by atoms with E-state index in [0.29, 0.717) is 11.6 Å². The van der Waals surface area contributed by atoms with Gasteiger partial charge in [0, 0.05) is 77.1 Å². The summed E-state index contributed by atoms with van der Waals surface area (Å²) in [7, 11) is 2.15. The number of thiophene rings is 1.